The minimum atomic E-state index is -1.05. The van der Waals surface area contributed by atoms with Crippen molar-refractivity contribution >= 4 is 18.4 Å². The Morgan fingerprint density at radius 3 is 2.47 bits per heavy atom. The Labute approximate surface area is 103 Å². The molecule has 0 saturated heterocycles. The number of hydrogen-bond acceptors (Lipinski definition) is 4. The molecule has 0 radical (unpaired) electrons. The Balaban J connectivity index is 0.00000144. The SMILES string of the molecule is Cl.N[C@@H](C(=O)O)c1ccc(-n2cncn2)cc1. The first-order chi connectivity index (χ1) is 7.68. The molecule has 0 aliphatic heterocycles. The molecule has 0 bridgehead atoms. The molecular weight excluding hydrogens is 244 g/mol. The highest BCUT2D eigenvalue weighted by Gasteiger charge is 2.13. The molecule has 90 valence electrons. The van der Waals surface area contributed by atoms with E-state index in [9.17, 15) is 4.79 Å². The van der Waals surface area contributed by atoms with Crippen LogP contribution in [0.5, 0.6) is 0 Å². The molecular formula is C10H11ClN4O2. The Morgan fingerprint density at radius 1 is 1.35 bits per heavy atom. The van der Waals surface area contributed by atoms with Crippen molar-refractivity contribution in [1.29, 1.82) is 0 Å². The van der Waals surface area contributed by atoms with Gasteiger partial charge in [-0.05, 0) is 17.7 Å². The molecule has 1 heterocycles. The summed E-state index contributed by atoms with van der Waals surface area (Å²) < 4.78 is 1.58. The first-order valence-corrected chi connectivity index (χ1v) is 4.62. The van der Waals surface area contributed by atoms with Gasteiger partial charge in [0.15, 0.2) is 0 Å². The normalized spacial score (nSPS) is 11.6. The van der Waals surface area contributed by atoms with Gasteiger partial charge in [-0.3, -0.25) is 4.79 Å². The second kappa shape index (κ2) is 5.42. The lowest BCUT2D eigenvalue weighted by molar-refractivity contribution is -0.138. The minimum Gasteiger partial charge on any atom is -0.480 e. The number of carbonyl (C=O) groups is 1. The second-order valence-corrected chi connectivity index (χ2v) is 3.25. The molecule has 7 heteroatoms. The predicted molar refractivity (Wildman–Crippen MR) is 63.2 cm³/mol. The Hall–Kier alpha value is -1.92. The third-order valence-corrected chi connectivity index (χ3v) is 2.20. The van der Waals surface area contributed by atoms with E-state index in [0.717, 1.165) is 5.69 Å². The number of aliphatic carboxylic acids is 1. The van der Waals surface area contributed by atoms with Crippen molar-refractivity contribution in [3.8, 4) is 5.69 Å². The zero-order valence-corrected chi connectivity index (χ0v) is 9.54. The van der Waals surface area contributed by atoms with Crippen LogP contribution in [0, 0.1) is 0 Å². The van der Waals surface area contributed by atoms with Gasteiger partial charge in [0.05, 0.1) is 5.69 Å². The topological polar surface area (TPSA) is 94.0 Å². The molecule has 6 nitrogen and oxygen atoms in total. The third kappa shape index (κ3) is 2.80. The molecule has 0 aliphatic rings. The first kappa shape index (κ1) is 13.1. The molecule has 1 atom stereocenters. The molecule has 1 aromatic carbocycles. The average molecular weight is 255 g/mol. The molecule has 0 unspecified atom stereocenters. The van der Waals surface area contributed by atoms with Gasteiger partial charge in [0.2, 0.25) is 0 Å². The number of halogens is 1. The summed E-state index contributed by atoms with van der Waals surface area (Å²) in [6, 6.07) is 5.82. The minimum absolute atomic E-state index is 0. The summed E-state index contributed by atoms with van der Waals surface area (Å²) in [6.07, 6.45) is 2.99. The summed E-state index contributed by atoms with van der Waals surface area (Å²) >= 11 is 0. The van der Waals surface area contributed by atoms with Crippen LogP contribution < -0.4 is 5.73 Å². The van der Waals surface area contributed by atoms with Crippen LogP contribution in [0.3, 0.4) is 0 Å². The maximum absolute atomic E-state index is 10.7. The fourth-order valence-electron chi connectivity index (χ4n) is 1.32. The summed E-state index contributed by atoms with van der Waals surface area (Å²) in [5, 5.41) is 12.7. The zero-order valence-electron chi connectivity index (χ0n) is 8.72. The van der Waals surface area contributed by atoms with Gasteiger partial charge in [-0.1, -0.05) is 12.1 Å². The highest BCUT2D eigenvalue weighted by molar-refractivity contribution is 5.85. The molecule has 0 aliphatic carbocycles. The molecule has 2 rings (SSSR count). The molecule has 0 spiro atoms. The van der Waals surface area contributed by atoms with E-state index >= 15 is 0 Å². The molecule has 3 N–H and O–H groups in total. The molecule has 0 amide bonds. The van der Waals surface area contributed by atoms with E-state index in [1.165, 1.54) is 6.33 Å². The van der Waals surface area contributed by atoms with Crippen molar-refractivity contribution < 1.29 is 9.90 Å². The van der Waals surface area contributed by atoms with Crippen LogP contribution in [0.1, 0.15) is 11.6 Å². The number of rotatable bonds is 3. The van der Waals surface area contributed by atoms with E-state index in [0.29, 0.717) is 5.56 Å². The van der Waals surface area contributed by atoms with Crippen molar-refractivity contribution in [2.45, 2.75) is 6.04 Å². The molecule has 0 fully saturated rings. The van der Waals surface area contributed by atoms with Gasteiger partial charge in [-0.15, -0.1) is 12.4 Å². The predicted octanol–water partition coefficient (Wildman–Crippen LogP) is 0.774. The smallest absolute Gasteiger partial charge is 0.325 e. The standard InChI is InChI=1S/C10H10N4O2.ClH/c11-9(10(15)16)7-1-3-8(4-2-7)14-6-12-5-13-14;/h1-6,9H,11H2,(H,15,16);1H/t9-;/m1./s1. The van der Waals surface area contributed by atoms with Crippen LogP contribution in [0.15, 0.2) is 36.9 Å². The summed E-state index contributed by atoms with van der Waals surface area (Å²) in [5.74, 6) is -1.05. The maximum Gasteiger partial charge on any atom is 0.325 e. The number of nitrogens with two attached hydrogens (primary N) is 1. The quantitative estimate of drug-likeness (QED) is 0.844. The zero-order chi connectivity index (χ0) is 11.5. The summed E-state index contributed by atoms with van der Waals surface area (Å²) in [4.78, 5) is 14.5. The molecule has 17 heavy (non-hydrogen) atoms. The van der Waals surface area contributed by atoms with Crippen LogP contribution in [0.4, 0.5) is 0 Å². The maximum atomic E-state index is 10.7. The fourth-order valence-corrected chi connectivity index (χ4v) is 1.32. The van der Waals surface area contributed by atoms with Crippen molar-refractivity contribution in [2.75, 3.05) is 0 Å². The number of aromatic nitrogens is 3. The molecule has 1 aromatic heterocycles. The van der Waals surface area contributed by atoms with E-state index in [1.807, 2.05) is 0 Å². The van der Waals surface area contributed by atoms with Gasteiger partial charge in [0.1, 0.15) is 18.7 Å². The van der Waals surface area contributed by atoms with Crippen LogP contribution in [-0.4, -0.2) is 25.8 Å². The van der Waals surface area contributed by atoms with Crippen LogP contribution >= 0.6 is 12.4 Å². The lowest BCUT2D eigenvalue weighted by atomic mass is 10.1. The monoisotopic (exact) mass is 254 g/mol. The molecule has 0 saturated carbocycles. The average Bonchev–Trinajstić information content (AvgIpc) is 2.81. The third-order valence-electron chi connectivity index (χ3n) is 2.20. The Kier molecular flexibility index (Phi) is 4.19. The van der Waals surface area contributed by atoms with Gasteiger partial charge in [-0.2, -0.15) is 5.10 Å². The van der Waals surface area contributed by atoms with E-state index in [1.54, 1.807) is 35.3 Å². The summed E-state index contributed by atoms with van der Waals surface area (Å²) in [7, 11) is 0. The van der Waals surface area contributed by atoms with E-state index in [2.05, 4.69) is 10.1 Å². The van der Waals surface area contributed by atoms with Crippen molar-refractivity contribution in [3.63, 3.8) is 0 Å². The fraction of sp³-hybridized carbons (Fsp3) is 0.100. The number of hydrogen-bond donors (Lipinski definition) is 2. The Morgan fingerprint density at radius 2 is 2.00 bits per heavy atom. The van der Waals surface area contributed by atoms with Gasteiger partial charge < -0.3 is 10.8 Å². The van der Waals surface area contributed by atoms with Crippen molar-refractivity contribution in [2.24, 2.45) is 5.73 Å². The van der Waals surface area contributed by atoms with Crippen molar-refractivity contribution in [3.05, 3.63) is 42.5 Å². The number of benzene rings is 1. The Bertz CT molecular complexity index is 484. The first-order valence-electron chi connectivity index (χ1n) is 4.62. The highest BCUT2D eigenvalue weighted by Crippen LogP contribution is 2.13. The largest absolute Gasteiger partial charge is 0.480 e. The number of nitrogens with zero attached hydrogens (tertiary/aromatic N) is 3. The number of carboxylic acids is 1. The lowest BCUT2D eigenvalue weighted by Gasteiger charge is -2.07. The van der Waals surface area contributed by atoms with Gasteiger partial charge in [-0.25, -0.2) is 9.67 Å². The van der Waals surface area contributed by atoms with Gasteiger partial charge in [0.25, 0.3) is 0 Å². The second-order valence-electron chi connectivity index (χ2n) is 3.25. The van der Waals surface area contributed by atoms with Gasteiger partial charge >= 0.3 is 5.97 Å². The highest BCUT2D eigenvalue weighted by atomic mass is 35.5. The molecule has 2 aromatic rings. The number of carboxylic acid groups (broad SMARTS) is 1. The summed E-state index contributed by atoms with van der Waals surface area (Å²) in [6.45, 7) is 0. The summed E-state index contributed by atoms with van der Waals surface area (Å²) in [5.41, 5.74) is 6.83. The van der Waals surface area contributed by atoms with Gasteiger partial charge in [0, 0.05) is 0 Å². The van der Waals surface area contributed by atoms with Crippen molar-refractivity contribution in [1.82, 2.24) is 14.8 Å². The van der Waals surface area contributed by atoms with E-state index < -0.39 is 12.0 Å². The van der Waals surface area contributed by atoms with Crippen LogP contribution in [0.2, 0.25) is 0 Å². The van der Waals surface area contributed by atoms with Crippen LogP contribution in [0.25, 0.3) is 5.69 Å². The van der Waals surface area contributed by atoms with E-state index in [4.69, 9.17) is 10.8 Å². The van der Waals surface area contributed by atoms with Crippen LogP contribution in [-0.2, 0) is 4.79 Å². The van der Waals surface area contributed by atoms with E-state index in [-0.39, 0.29) is 12.4 Å². The lowest BCUT2D eigenvalue weighted by Crippen LogP contribution is -2.20.